The van der Waals surface area contributed by atoms with Crippen LogP contribution in [0.15, 0.2) is 84.7 Å². The Kier molecular flexibility index (Phi) is 3.40. The molecule has 2 atom stereocenters. The van der Waals surface area contributed by atoms with Crippen molar-refractivity contribution in [3.05, 3.63) is 95.8 Å². The molecule has 0 aliphatic heterocycles. The van der Waals surface area contributed by atoms with Crippen molar-refractivity contribution < 1.29 is 9.84 Å². The van der Waals surface area contributed by atoms with Crippen LogP contribution in [0.1, 0.15) is 17.0 Å². The number of ether oxygens (including phenoxy) is 1. The number of aliphatic hydroxyl groups is 1. The van der Waals surface area contributed by atoms with E-state index in [1.165, 1.54) is 0 Å². The van der Waals surface area contributed by atoms with Crippen LogP contribution in [-0.2, 0) is 10.3 Å². The van der Waals surface area contributed by atoms with Gasteiger partial charge in [-0.3, -0.25) is 0 Å². The van der Waals surface area contributed by atoms with E-state index in [1.807, 2.05) is 66.7 Å². The zero-order valence-corrected chi connectivity index (χ0v) is 12.0. The molecule has 1 aliphatic rings. The van der Waals surface area contributed by atoms with Crippen LogP contribution in [0.3, 0.4) is 0 Å². The maximum Gasteiger partial charge on any atom is 0.128 e. The molecule has 0 saturated heterocycles. The van der Waals surface area contributed by atoms with Crippen LogP contribution in [0, 0.1) is 0 Å². The van der Waals surface area contributed by atoms with Gasteiger partial charge < -0.3 is 9.84 Å². The SMILES string of the molecule is C=C1C(OC)=CC(c2ccccc2)C1(O)c1ccccc1. The van der Waals surface area contributed by atoms with Crippen LogP contribution < -0.4 is 0 Å². The van der Waals surface area contributed by atoms with Crippen molar-refractivity contribution in [2.75, 3.05) is 7.11 Å². The summed E-state index contributed by atoms with van der Waals surface area (Å²) < 4.78 is 5.39. The molecule has 0 fully saturated rings. The molecule has 3 rings (SSSR count). The second-order valence-electron chi connectivity index (χ2n) is 5.23. The van der Waals surface area contributed by atoms with E-state index in [0.29, 0.717) is 11.3 Å². The van der Waals surface area contributed by atoms with Crippen LogP contribution in [0.2, 0.25) is 0 Å². The predicted molar refractivity (Wildman–Crippen MR) is 83.8 cm³/mol. The van der Waals surface area contributed by atoms with Crippen LogP contribution in [0.5, 0.6) is 0 Å². The Hall–Kier alpha value is -2.32. The third-order valence-electron chi connectivity index (χ3n) is 4.12. The summed E-state index contributed by atoms with van der Waals surface area (Å²) >= 11 is 0. The van der Waals surface area contributed by atoms with E-state index in [0.717, 1.165) is 11.1 Å². The number of benzene rings is 2. The Balaban J connectivity index is 2.15. The monoisotopic (exact) mass is 278 g/mol. The fraction of sp³-hybridized carbons (Fsp3) is 0.158. The van der Waals surface area contributed by atoms with Crippen molar-refractivity contribution in [3.8, 4) is 0 Å². The molecule has 0 bridgehead atoms. The fourth-order valence-electron chi connectivity index (χ4n) is 2.98. The first-order valence-electron chi connectivity index (χ1n) is 6.96. The summed E-state index contributed by atoms with van der Waals surface area (Å²) in [5.41, 5.74) is 1.29. The highest BCUT2D eigenvalue weighted by Gasteiger charge is 2.47. The quantitative estimate of drug-likeness (QED) is 0.926. The second-order valence-corrected chi connectivity index (χ2v) is 5.23. The predicted octanol–water partition coefficient (Wildman–Crippen LogP) is 3.76. The highest BCUT2D eigenvalue weighted by Crippen LogP contribution is 2.50. The average Bonchev–Trinajstić information content (AvgIpc) is 2.82. The van der Waals surface area contributed by atoms with Crippen molar-refractivity contribution in [1.82, 2.24) is 0 Å². The second kappa shape index (κ2) is 5.23. The summed E-state index contributed by atoms with van der Waals surface area (Å²) in [6, 6.07) is 19.6. The smallest absolute Gasteiger partial charge is 0.128 e. The third kappa shape index (κ3) is 2.08. The molecule has 21 heavy (non-hydrogen) atoms. The van der Waals surface area contributed by atoms with Crippen LogP contribution in [-0.4, -0.2) is 12.2 Å². The summed E-state index contributed by atoms with van der Waals surface area (Å²) in [7, 11) is 1.61. The van der Waals surface area contributed by atoms with E-state index < -0.39 is 5.60 Å². The normalized spacial score (nSPS) is 24.8. The Morgan fingerprint density at radius 1 is 1.00 bits per heavy atom. The Labute approximate surface area is 125 Å². The standard InChI is InChI=1S/C19H18O2/c1-14-18(21-2)13-17(15-9-5-3-6-10-15)19(14,20)16-11-7-4-8-12-16/h3-13,17,20H,1H2,2H3. The molecule has 0 heterocycles. The third-order valence-corrected chi connectivity index (χ3v) is 4.12. The fourth-order valence-corrected chi connectivity index (χ4v) is 2.98. The van der Waals surface area contributed by atoms with Crippen LogP contribution >= 0.6 is 0 Å². The van der Waals surface area contributed by atoms with Gasteiger partial charge in [0.05, 0.1) is 7.11 Å². The van der Waals surface area contributed by atoms with Crippen molar-refractivity contribution in [2.24, 2.45) is 0 Å². The lowest BCUT2D eigenvalue weighted by Crippen LogP contribution is -2.31. The molecule has 0 saturated carbocycles. The Bertz CT molecular complexity index is 673. The van der Waals surface area contributed by atoms with Gasteiger partial charge in [0, 0.05) is 11.5 Å². The highest BCUT2D eigenvalue weighted by molar-refractivity contribution is 5.52. The summed E-state index contributed by atoms with van der Waals surface area (Å²) in [6.45, 7) is 4.07. The minimum absolute atomic E-state index is 0.205. The van der Waals surface area contributed by atoms with Gasteiger partial charge in [-0.1, -0.05) is 67.2 Å². The molecule has 1 aliphatic carbocycles. The molecule has 106 valence electrons. The summed E-state index contributed by atoms with van der Waals surface area (Å²) in [5.74, 6) is 0.443. The van der Waals surface area contributed by atoms with Gasteiger partial charge in [0.25, 0.3) is 0 Å². The first-order valence-corrected chi connectivity index (χ1v) is 6.96. The largest absolute Gasteiger partial charge is 0.497 e. The first-order chi connectivity index (χ1) is 10.2. The molecule has 2 nitrogen and oxygen atoms in total. The zero-order valence-electron chi connectivity index (χ0n) is 12.0. The molecule has 0 amide bonds. The maximum absolute atomic E-state index is 11.4. The van der Waals surface area contributed by atoms with Gasteiger partial charge >= 0.3 is 0 Å². The van der Waals surface area contributed by atoms with E-state index in [4.69, 9.17) is 4.74 Å². The van der Waals surface area contributed by atoms with E-state index in [-0.39, 0.29) is 5.92 Å². The highest BCUT2D eigenvalue weighted by atomic mass is 16.5. The van der Waals surface area contributed by atoms with E-state index in [9.17, 15) is 5.11 Å². The summed E-state index contributed by atoms with van der Waals surface area (Å²) in [5, 5.41) is 11.4. The molecular formula is C19H18O2. The van der Waals surface area contributed by atoms with Gasteiger partial charge in [0.15, 0.2) is 0 Å². The average molecular weight is 278 g/mol. The lowest BCUT2D eigenvalue weighted by molar-refractivity contribution is 0.0671. The molecule has 1 N–H and O–H groups in total. The Morgan fingerprint density at radius 3 is 2.14 bits per heavy atom. The van der Waals surface area contributed by atoms with E-state index in [1.54, 1.807) is 7.11 Å². The van der Waals surface area contributed by atoms with Gasteiger partial charge in [-0.2, -0.15) is 0 Å². The van der Waals surface area contributed by atoms with Gasteiger partial charge in [0.1, 0.15) is 11.4 Å². The molecule has 0 spiro atoms. The van der Waals surface area contributed by atoms with Gasteiger partial charge in [0.2, 0.25) is 0 Å². The minimum atomic E-state index is -1.17. The van der Waals surface area contributed by atoms with Crippen molar-refractivity contribution in [2.45, 2.75) is 11.5 Å². The number of rotatable bonds is 3. The first kappa shape index (κ1) is 13.7. The van der Waals surface area contributed by atoms with Gasteiger partial charge in [-0.05, 0) is 17.2 Å². The topological polar surface area (TPSA) is 29.5 Å². The van der Waals surface area contributed by atoms with Crippen LogP contribution in [0.4, 0.5) is 0 Å². The van der Waals surface area contributed by atoms with Gasteiger partial charge in [-0.15, -0.1) is 0 Å². The van der Waals surface area contributed by atoms with E-state index in [2.05, 4.69) is 6.58 Å². The Morgan fingerprint density at radius 2 is 1.57 bits per heavy atom. The lowest BCUT2D eigenvalue weighted by atomic mass is 9.77. The van der Waals surface area contributed by atoms with E-state index >= 15 is 0 Å². The zero-order chi connectivity index (χ0) is 14.9. The van der Waals surface area contributed by atoms with Crippen molar-refractivity contribution in [3.63, 3.8) is 0 Å². The summed E-state index contributed by atoms with van der Waals surface area (Å²) in [6.07, 6.45) is 1.95. The number of hydrogen-bond donors (Lipinski definition) is 1. The molecule has 2 unspecified atom stereocenters. The number of methoxy groups -OCH3 is 1. The summed E-state index contributed by atoms with van der Waals surface area (Å²) in [4.78, 5) is 0. The molecular weight excluding hydrogens is 260 g/mol. The van der Waals surface area contributed by atoms with Crippen molar-refractivity contribution >= 4 is 0 Å². The number of hydrogen-bond acceptors (Lipinski definition) is 2. The van der Waals surface area contributed by atoms with Crippen molar-refractivity contribution in [1.29, 1.82) is 0 Å². The van der Waals surface area contributed by atoms with Gasteiger partial charge in [-0.25, -0.2) is 0 Å². The molecule has 2 aromatic carbocycles. The maximum atomic E-state index is 11.4. The molecule has 2 heteroatoms. The molecule has 2 aromatic rings. The van der Waals surface area contributed by atoms with Crippen LogP contribution in [0.25, 0.3) is 0 Å². The molecule has 0 aromatic heterocycles. The lowest BCUT2D eigenvalue weighted by Gasteiger charge is -2.32. The molecule has 0 radical (unpaired) electrons. The minimum Gasteiger partial charge on any atom is -0.497 e.